The normalized spacial score (nSPS) is 14.6. The van der Waals surface area contributed by atoms with Crippen molar-refractivity contribution in [3.63, 3.8) is 0 Å². The zero-order valence-corrected chi connectivity index (χ0v) is 29.2. The smallest absolute Gasteiger partial charge is 0.143 e. The van der Waals surface area contributed by atoms with Crippen molar-refractivity contribution in [3.8, 4) is 0 Å². The van der Waals surface area contributed by atoms with E-state index in [1.807, 2.05) is 36.4 Å². The molecule has 1 unspecified atom stereocenters. The predicted octanol–water partition coefficient (Wildman–Crippen LogP) is 14.0. The number of allylic oxidation sites excluding steroid dienone is 4. The van der Waals surface area contributed by atoms with Crippen molar-refractivity contribution in [2.45, 2.75) is 27.2 Å². The molecule has 1 aromatic heterocycles. The van der Waals surface area contributed by atoms with Crippen molar-refractivity contribution in [3.05, 3.63) is 174 Å². The van der Waals surface area contributed by atoms with Crippen LogP contribution < -0.4 is 9.80 Å². The number of hydrogen-bond donors (Lipinski definition) is 0. The minimum atomic E-state index is -0.285. The highest BCUT2D eigenvalue weighted by molar-refractivity contribution is 6.25. The summed E-state index contributed by atoms with van der Waals surface area (Å²) < 4.78 is 35.8. The fraction of sp³-hybridized carbons (Fsp3) is 0.106. The van der Waals surface area contributed by atoms with Crippen molar-refractivity contribution in [2.75, 3.05) is 9.80 Å². The van der Waals surface area contributed by atoms with Crippen LogP contribution >= 0.6 is 0 Å². The van der Waals surface area contributed by atoms with Gasteiger partial charge < -0.3 is 14.2 Å². The van der Waals surface area contributed by atoms with Gasteiger partial charge in [-0.1, -0.05) is 90.8 Å². The Balaban J connectivity index is 1.38. The van der Waals surface area contributed by atoms with Crippen LogP contribution in [0.3, 0.4) is 0 Å². The molecule has 0 fully saturated rings. The molecule has 1 heterocycles. The fourth-order valence-corrected chi connectivity index (χ4v) is 7.68. The molecular weight excluding hydrogens is 647 g/mol. The first-order valence-electron chi connectivity index (χ1n) is 17.7. The van der Waals surface area contributed by atoms with Gasteiger partial charge in [0.05, 0.1) is 11.4 Å². The largest absolute Gasteiger partial charge is 0.455 e. The van der Waals surface area contributed by atoms with Crippen molar-refractivity contribution < 1.29 is 13.2 Å². The standard InChI is InChI=1S/C47H36F2N2O/c1-29-12-19-34(20-13-29)50(35-23-16-32(48)17-24-35)44-27-41-42-28-45(51(36-21-14-30(2)15-22-36)43-25-18-33(49)26-31(43)3)38-9-5-7-11-40(38)47(42)52-46(41)39-10-6-4-8-37(39)44/h4-25,27-28,31H,26H2,1-3H3. The van der Waals surface area contributed by atoms with E-state index in [1.54, 1.807) is 6.08 Å². The molecule has 52 heavy (non-hydrogen) atoms. The lowest BCUT2D eigenvalue weighted by atomic mass is 9.94. The maximum atomic E-state index is 14.6. The van der Waals surface area contributed by atoms with Gasteiger partial charge >= 0.3 is 0 Å². The fourth-order valence-electron chi connectivity index (χ4n) is 7.68. The second-order valence-electron chi connectivity index (χ2n) is 13.9. The van der Waals surface area contributed by atoms with Gasteiger partial charge in [-0.2, -0.15) is 0 Å². The number of benzene rings is 7. The molecule has 0 saturated carbocycles. The predicted molar refractivity (Wildman–Crippen MR) is 212 cm³/mol. The second-order valence-corrected chi connectivity index (χ2v) is 13.9. The quantitative estimate of drug-likeness (QED) is 0.174. The molecule has 0 N–H and O–H groups in total. The van der Waals surface area contributed by atoms with E-state index in [0.29, 0.717) is 6.42 Å². The SMILES string of the molecule is Cc1ccc(N(C2=CC=C(F)CC2C)c2cc3c4cc(N(c5ccc(C)cc5)c5ccc(F)cc5)c5ccccc5c4oc3c3ccccc23)cc1. The number of aryl methyl sites for hydroxylation is 2. The monoisotopic (exact) mass is 682 g/mol. The maximum Gasteiger partial charge on any atom is 0.143 e. The Kier molecular flexibility index (Phi) is 7.66. The van der Waals surface area contributed by atoms with Gasteiger partial charge in [-0.25, -0.2) is 8.78 Å². The van der Waals surface area contributed by atoms with Crippen LogP contribution in [0.25, 0.3) is 43.5 Å². The molecule has 0 radical (unpaired) electrons. The molecule has 1 aliphatic rings. The summed E-state index contributed by atoms with van der Waals surface area (Å²) in [6, 6.07) is 44.7. The van der Waals surface area contributed by atoms with Gasteiger partial charge in [-0.15, -0.1) is 0 Å². The Morgan fingerprint density at radius 2 is 0.962 bits per heavy atom. The van der Waals surface area contributed by atoms with E-state index in [-0.39, 0.29) is 17.6 Å². The third-order valence-corrected chi connectivity index (χ3v) is 10.3. The molecule has 0 amide bonds. The highest BCUT2D eigenvalue weighted by Crippen LogP contribution is 2.49. The van der Waals surface area contributed by atoms with Gasteiger partial charge in [-0.3, -0.25) is 0 Å². The number of anilines is 5. The zero-order valence-electron chi connectivity index (χ0n) is 29.2. The lowest BCUT2D eigenvalue weighted by Gasteiger charge is -2.33. The van der Waals surface area contributed by atoms with Gasteiger partial charge in [0.25, 0.3) is 0 Å². The number of halogens is 2. The summed E-state index contributed by atoms with van der Waals surface area (Å²) in [6.45, 7) is 6.24. The number of fused-ring (bicyclic) bond motifs is 7. The topological polar surface area (TPSA) is 19.6 Å². The number of rotatable bonds is 6. The number of nitrogens with zero attached hydrogens (tertiary/aromatic N) is 2. The Morgan fingerprint density at radius 1 is 0.519 bits per heavy atom. The van der Waals surface area contributed by atoms with Gasteiger partial charge in [0, 0.05) is 67.4 Å². The molecule has 1 atom stereocenters. The summed E-state index contributed by atoms with van der Waals surface area (Å²) in [7, 11) is 0. The molecule has 1 aliphatic carbocycles. The Hall–Kier alpha value is -6.20. The molecule has 8 aromatic rings. The first-order valence-corrected chi connectivity index (χ1v) is 17.7. The third-order valence-electron chi connectivity index (χ3n) is 10.3. The summed E-state index contributed by atoms with van der Waals surface area (Å²) in [6.07, 6.45) is 3.86. The van der Waals surface area contributed by atoms with Crippen LogP contribution in [-0.4, -0.2) is 0 Å². The van der Waals surface area contributed by atoms with Crippen LogP contribution in [0.4, 0.5) is 37.2 Å². The number of hydrogen-bond acceptors (Lipinski definition) is 3. The van der Waals surface area contributed by atoms with E-state index in [0.717, 1.165) is 83.2 Å². The summed E-state index contributed by atoms with van der Waals surface area (Å²) in [5.41, 5.74) is 9.71. The van der Waals surface area contributed by atoms with Crippen LogP contribution in [-0.2, 0) is 0 Å². The van der Waals surface area contributed by atoms with Crippen LogP contribution in [0.15, 0.2) is 162 Å². The molecule has 254 valence electrons. The lowest BCUT2D eigenvalue weighted by molar-refractivity contribution is 0.516. The van der Waals surface area contributed by atoms with Crippen LogP contribution in [0.1, 0.15) is 24.5 Å². The third kappa shape index (κ3) is 5.32. The second kappa shape index (κ2) is 12.5. The van der Waals surface area contributed by atoms with E-state index in [9.17, 15) is 8.78 Å². The number of furan rings is 1. The molecule has 0 bridgehead atoms. The molecule has 0 aliphatic heterocycles. The highest BCUT2D eigenvalue weighted by Gasteiger charge is 2.27. The Bertz CT molecular complexity index is 2660. The molecule has 0 saturated heterocycles. The van der Waals surface area contributed by atoms with Crippen molar-refractivity contribution in [1.82, 2.24) is 0 Å². The van der Waals surface area contributed by atoms with Crippen molar-refractivity contribution in [2.24, 2.45) is 5.92 Å². The Morgan fingerprint density at radius 3 is 1.46 bits per heavy atom. The van der Waals surface area contributed by atoms with E-state index >= 15 is 0 Å². The van der Waals surface area contributed by atoms with E-state index in [1.165, 1.54) is 17.7 Å². The highest BCUT2D eigenvalue weighted by atomic mass is 19.1. The average molecular weight is 683 g/mol. The van der Waals surface area contributed by atoms with Crippen LogP contribution in [0.2, 0.25) is 0 Å². The molecule has 7 aromatic carbocycles. The van der Waals surface area contributed by atoms with E-state index < -0.39 is 0 Å². The maximum absolute atomic E-state index is 14.6. The first-order chi connectivity index (χ1) is 25.3. The van der Waals surface area contributed by atoms with Crippen molar-refractivity contribution >= 4 is 71.9 Å². The van der Waals surface area contributed by atoms with E-state index in [2.05, 4.69) is 122 Å². The van der Waals surface area contributed by atoms with Crippen LogP contribution in [0, 0.1) is 25.6 Å². The average Bonchev–Trinajstić information content (AvgIpc) is 3.54. The summed E-state index contributed by atoms with van der Waals surface area (Å²) in [4.78, 5) is 4.47. The minimum absolute atomic E-state index is 0.0452. The van der Waals surface area contributed by atoms with Gasteiger partial charge in [0.1, 0.15) is 22.8 Å². The van der Waals surface area contributed by atoms with E-state index in [4.69, 9.17) is 4.42 Å². The summed E-state index contributed by atoms with van der Waals surface area (Å²) in [5, 5.41) is 5.97. The molecule has 3 nitrogen and oxygen atoms in total. The summed E-state index contributed by atoms with van der Waals surface area (Å²) >= 11 is 0. The molecule has 0 spiro atoms. The molecule has 5 heteroatoms. The first kappa shape index (κ1) is 31.8. The lowest BCUT2D eigenvalue weighted by Crippen LogP contribution is -2.23. The summed E-state index contributed by atoms with van der Waals surface area (Å²) in [5.74, 6) is -0.442. The molecular formula is C47H36F2N2O. The Labute approximate surface area is 301 Å². The zero-order chi connectivity index (χ0) is 35.5. The molecule has 9 rings (SSSR count). The van der Waals surface area contributed by atoms with Gasteiger partial charge in [0.15, 0.2) is 0 Å². The van der Waals surface area contributed by atoms with Gasteiger partial charge in [-0.05, 0) is 86.7 Å². The van der Waals surface area contributed by atoms with Crippen LogP contribution in [0.5, 0.6) is 0 Å². The minimum Gasteiger partial charge on any atom is -0.455 e. The van der Waals surface area contributed by atoms with Crippen molar-refractivity contribution in [1.29, 1.82) is 0 Å². The van der Waals surface area contributed by atoms with Gasteiger partial charge in [0.2, 0.25) is 0 Å².